The van der Waals surface area contributed by atoms with Crippen LogP contribution in [0.4, 0.5) is 5.69 Å². The molecule has 0 atom stereocenters. The number of nitrogens with zero attached hydrogens (tertiary/aromatic N) is 1. The lowest BCUT2D eigenvalue weighted by molar-refractivity contribution is 0.287. The van der Waals surface area contributed by atoms with Gasteiger partial charge >= 0.3 is 0 Å². The van der Waals surface area contributed by atoms with Crippen molar-refractivity contribution in [2.45, 2.75) is 19.4 Å². The molecule has 0 saturated carbocycles. The zero-order valence-corrected chi connectivity index (χ0v) is 11.9. The van der Waals surface area contributed by atoms with Gasteiger partial charge in [0.2, 0.25) is 0 Å². The molecule has 0 bridgehead atoms. The fourth-order valence-corrected chi connectivity index (χ4v) is 4.07. The number of sulfone groups is 1. The van der Waals surface area contributed by atoms with Crippen molar-refractivity contribution in [2.24, 2.45) is 0 Å². The van der Waals surface area contributed by atoms with Gasteiger partial charge in [-0.05, 0) is 30.0 Å². The molecule has 1 saturated heterocycles. The lowest BCUT2D eigenvalue weighted by Crippen LogP contribution is -2.39. The third-order valence-electron chi connectivity index (χ3n) is 3.95. The second kappa shape index (κ2) is 5.13. The second-order valence-electron chi connectivity index (χ2n) is 5.45. The van der Waals surface area contributed by atoms with Crippen LogP contribution in [0.3, 0.4) is 0 Å². The predicted octanol–water partition coefficient (Wildman–Crippen LogP) is 1.28. The topological polar surface area (TPSA) is 49.4 Å². The van der Waals surface area contributed by atoms with Crippen LogP contribution in [0.2, 0.25) is 0 Å². The summed E-state index contributed by atoms with van der Waals surface area (Å²) in [5.41, 5.74) is 3.95. The Balaban J connectivity index is 1.67. The van der Waals surface area contributed by atoms with Gasteiger partial charge in [-0.3, -0.25) is 4.90 Å². The summed E-state index contributed by atoms with van der Waals surface area (Å²) in [5.74, 6) is 0.610. The van der Waals surface area contributed by atoms with Gasteiger partial charge in [-0.2, -0.15) is 0 Å². The van der Waals surface area contributed by atoms with Crippen LogP contribution in [0.5, 0.6) is 0 Å². The van der Waals surface area contributed by atoms with Crippen LogP contribution >= 0.6 is 0 Å². The highest BCUT2D eigenvalue weighted by Gasteiger charge is 2.21. The van der Waals surface area contributed by atoms with Gasteiger partial charge in [-0.25, -0.2) is 8.42 Å². The summed E-state index contributed by atoms with van der Waals surface area (Å²) in [5, 5.41) is 3.41. The Labute approximate surface area is 114 Å². The third-order valence-corrected chi connectivity index (χ3v) is 5.56. The molecule has 4 nitrogen and oxygen atoms in total. The van der Waals surface area contributed by atoms with Gasteiger partial charge < -0.3 is 5.32 Å². The molecule has 1 N–H and O–H groups in total. The fraction of sp³-hybridized carbons (Fsp3) is 0.571. The Kier molecular flexibility index (Phi) is 3.50. The van der Waals surface area contributed by atoms with Crippen LogP contribution in [0.1, 0.15) is 17.5 Å². The highest BCUT2D eigenvalue weighted by atomic mass is 32.2. The monoisotopic (exact) mass is 280 g/mol. The molecule has 1 aromatic rings. The maximum Gasteiger partial charge on any atom is 0.152 e. The maximum absolute atomic E-state index is 11.4. The minimum atomic E-state index is -2.77. The molecule has 1 fully saturated rings. The van der Waals surface area contributed by atoms with E-state index in [-0.39, 0.29) is 0 Å². The van der Waals surface area contributed by atoms with E-state index < -0.39 is 9.84 Å². The first kappa shape index (κ1) is 12.9. The summed E-state index contributed by atoms with van der Waals surface area (Å²) in [6, 6.07) is 6.58. The number of nitrogens with one attached hydrogen (secondary N) is 1. The van der Waals surface area contributed by atoms with Crippen molar-refractivity contribution in [2.75, 3.05) is 36.5 Å². The highest BCUT2D eigenvalue weighted by Crippen LogP contribution is 2.23. The van der Waals surface area contributed by atoms with Crippen LogP contribution in [0.15, 0.2) is 18.2 Å². The standard InChI is InChI=1S/C14H20N2O2S/c17-19(18)8-6-16(7-9-19)11-12-3-4-14-13(10-12)2-1-5-15-14/h3-4,10,15H,1-2,5-9,11H2. The lowest BCUT2D eigenvalue weighted by atomic mass is 10.0. The van der Waals surface area contributed by atoms with Crippen molar-refractivity contribution in [3.8, 4) is 0 Å². The van der Waals surface area contributed by atoms with Crippen molar-refractivity contribution in [1.29, 1.82) is 0 Å². The number of hydrogen-bond donors (Lipinski definition) is 1. The molecule has 2 heterocycles. The molecule has 0 unspecified atom stereocenters. The highest BCUT2D eigenvalue weighted by molar-refractivity contribution is 7.91. The van der Waals surface area contributed by atoms with Gasteiger partial charge in [0.1, 0.15) is 0 Å². The van der Waals surface area contributed by atoms with E-state index in [2.05, 4.69) is 28.4 Å². The normalized spacial score (nSPS) is 22.5. The fourth-order valence-electron chi connectivity index (χ4n) is 2.79. The lowest BCUT2D eigenvalue weighted by Gasteiger charge is -2.27. The SMILES string of the molecule is O=S1(=O)CCN(Cc2ccc3c(c2)CCCN3)CC1. The third kappa shape index (κ3) is 3.09. The molecule has 0 aliphatic carbocycles. The van der Waals surface area contributed by atoms with Gasteiger partial charge in [0.15, 0.2) is 9.84 Å². The summed E-state index contributed by atoms with van der Waals surface area (Å²) in [4.78, 5) is 2.24. The van der Waals surface area contributed by atoms with Crippen molar-refractivity contribution >= 4 is 15.5 Å². The molecule has 19 heavy (non-hydrogen) atoms. The van der Waals surface area contributed by atoms with Gasteiger partial charge in [0.05, 0.1) is 11.5 Å². The summed E-state index contributed by atoms with van der Waals surface area (Å²) < 4.78 is 22.8. The van der Waals surface area contributed by atoms with Crippen LogP contribution < -0.4 is 5.32 Å². The first-order valence-corrected chi connectivity index (χ1v) is 8.73. The van der Waals surface area contributed by atoms with Gasteiger partial charge in [-0.1, -0.05) is 12.1 Å². The molecule has 104 valence electrons. The molecule has 0 amide bonds. The van der Waals surface area contributed by atoms with E-state index in [0.29, 0.717) is 24.6 Å². The number of benzene rings is 1. The quantitative estimate of drug-likeness (QED) is 0.886. The average molecular weight is 280 g/mol. The molecule has 0 spiro atoms. The molecule has 3 rings (SSSR count). The van der Waals surface area contributed by atoms with Crippen molar-refractivity contribution in [3.05, 3.63) is 29.3 Å². The number of rotatable bonds is 2. The molecule has 0 aromatic heterocycles. The molecular formula is C14H20N2O2S. The summed E-state index contributed by atoms with van der Waals surface area (Å²) >= 11 is 0. The van der Waals surface area contributed by atoms with E-state index in [9.17, 15) is 8.42 Å². The number of hydrogen-bond acceptors (Lipinski definition) is 4. The number of fused-ring (bicyclic) bond motifs is 1. The van der Waals surface area contributed by atoms with Crippen molar-refractivity contribution in [3.63, 3.8) is 0 Å². The maximum atomic E-state index is 11.4. The Morgan fingerprint density at radius 2 is 2.00 bits per heavy atom. The minimum absolute atomic E-state index is 0.305. The second-order valence-corrected chi connectivity index (χ2v) is 7.75. The van der Waals surface area contributed by atoms with Crippen molar-refractivity contribution < 1.29 is 8.42 Å². The average Bonchev–Trinajstić information content (AvgIpc) is 2.41. The van der Waals surface area contributed by atoms with E-state index in [1.807, 2.05) is 0 Å². The largest absolute Gasteiger partial charge is 0.385 e. The molecule has 0 radical (unpaired) electrons. The zero-order valence-electron chi connectivity index (χ0n) is 11.1. The molecule has 2 aliphatic rings. The number of aryl methyl sites for hydroxylation is 1. The minimum Gasteiger partial charge on any atom is -0.385 e. The van der Waals surface area contributed by atoms with E-state index >= 15 is 0 Å². The van der Waals surface area contributed by atoms with Crippen LogP contribution in [0, 0.1) is 0 Å². The van der Waals surface area contributed by atoms with Crippen LogP contribution in [-0.2, 0) is 22.8 Å². The molecule has 1 aromatic carbocycles. The van der Waals surface area contributed by atoms with Gasteiger partial charge in [0.25, 0.3) is 0 Å². The van der Waals surface area contributed by atoms with Gasteiger partial charge in [-0.15, -0.1) is 0 Å². The van der Waals surface area contributed by atoms with E-state index in [4.69, 9.17) is 0 Å². The number of anilines is 1. The molecular weight excluding hydrogens is 260 g/mol. The van der Waals surface area contributed by atoms with E-state index in [1.165, 1.54) is 23.2 Å². The predicted molar refractivity (Wildman–Crippen MR) is 77.2 cm³/mol. The summed E-state index contributed by atoms with van der Waals surface area (Å²) in [6.07, 6.45) is 2.34. The first-order chi connectivity index (χ1) is 9.12. The Bertz CT molecular complexity index is 555. The zero-order chi connectivity index (χ0) is 13.3. The van der Waals surface area contributed by atoms with E-state index in [0.717, 1.165) is 19.5 Å². The first-order valence-electron chi connectivity index (χ1n) is 6.91. The van der Waals surface area contributed by atoms with Crippen LogP contribution in [-0.4, -0.2) is 44.5 Å². The Morgan fingerprint density at radius 1 is 1.21 bits per heavy atom. The smallest absolute Gasteiger partial charge is 0.152 e. The summed E-state index contributed by atoms with van der Waals surface area (Å²) in [6.45, 7) is 3.26. The van der Waals surface area contributed by atoms with E-state index in [1.54, 1.807) is 0 Å². The summed E-state index contributed by atoms with van der Waals surface area (Å²) in [7, 11) is -2.77. The molecule has 2 aliphatic heterocycles. The van der Waals surface area contributed by atoms with Crippen molar-refractivity contribution in [1.82, 2.24) is 4.90 Å². The van der Waals surface area contributed by atoms with Crippen LogP contribution in [0.25, 0.3) is 0 Å². The Morgan fingerprint density at radius 3 is 2.79 bits per heavy atom. The Hall–Kier alpha value is -1.07. The van der Waals surface area contributed by atoms with Gasteiger partial charge in [0, 0.05) is 31.9 Å². The molecule has 5 heteroatoms.